The highest BCUT2D eigenvalue weighted by molar-refractivity contribution is 6.33. The van der Waals surface area contributed by atoms with Gasteiger partial charge in [0.2, 0.25) is 5.78 Å². The van der Waals surface area contributed by atoms with E-state index in [9.17, 15) is 19.7 Å². The summed E-state index contributed by atoms with van der Waals surface area (Å²) in [5, 5.41) is 11.6. The van der Waals surface area contributed by atoms with Gasteiger partial charge in [0, 0.05) is 34.8 Å². The van der Waals surface area contributed by atoms with Gasteiger partial charge in [0.05, 0.1) is 15.5 Å². The Labute approximate surface area is 152 Å². The van der Waals surface area contributed by atoms with Crippen LogP contribution in [0.1, 0.15) is 27.6 Å². The molecule has 0 fully saturated rings. The number of carbonyl (C=O) groups is 2. The zero-order chi connectivity index (χ0) is 18.8. The van der Waals surface area contributed by atoms with E-state index < -0.39 is 22.8 Å². The summed E-state index contributed by atoms with van der Waals surface area (Å²) in [4.78, 5) is 38.1. The quantitative estimate of drug-likeness (QED) is 0.313. The standard InChI is InChI=1S/C18H13ClN2O5/c1-10(17(22)14-9-20-16-5-3-2-4-12(14)16)26-18(23)13-8-11(21(24)25)6-7-15(13)19/h2-10,20H,1H3. The highest BCUT2D eigenvalue weighted by Crippen LogP contribution is 2.24. The Balaban J connectivity index is 1.82. The number of ketones is 1. The van der Waals surface area contributed by atoms with E-state index in [0.29, 0.717) is 10.9 Å². The van der Waals surface area contributed by atoms with E-state index in [1.807, 2.05) is 12.1 Å². The van der Waals surface area contributed by atoms with Gasteiger partial charge in [0.1, 0.15) is 0 Å². The van der Waals surface area contributed by atoms with Gasteiger partial charge in [-0.2, -0.15) is 0 Å². The number of aromatic nitrogens is 1. The molecule has 0 spiro atoms. The number of fused-ring (bicyclic) bond motifs is 1. The van der Waals surface area contributed by atoms with Crippen LogP contribution in [-0.4, -0.2) is 27.8 Å². The molecule has 1 atom stereocenters. The maximum Gasteiger partial charge on any atom is 0.340 e. The molecule has 0 radical (unpaired) electrons. The van der Waals surface area contributed by atoms with Gasteiger partial charge in [-0.15, -0.1) is 0 Å². The molecule has 0 saturated carbocycles. The Morgan fingerprint density at radius 2 is 1.92 bits per heavy atom. The first-order chi connectivity index (χ1) is 12.4. The Morgan fingerprint density at radius 3 is 2.65 bits per heavy atom. The van der Waals surface area contributed by atoms with Crippen LogP contribution in [0.3, 0.4) is 0 Å². The van der Waals surface area contributed by atoms with E-state index in [4.69, 9.17) is 16.3 Å². The van der Waals surface area contributed by atoms with Crippen molar-refractivity contribution in [3.8, 4) is 0 Å². The molecule has 0 aliphatic carbocycles. The van der Waals surface area contributed by atoms with Crippen LogP contribution in [0.2, 0.25) is 5.02 Å². The highest BCUT2D eigenvalue weighted by Gasteiger charge is 2.25. The van der Waals surface area contributed by atoms with Crippen molar-refractivity contribution in [2.24, 2.45) is 0 Å². The van der Waals surface area contributed by atoms with Crippen molar-refractivity contribution in [1.29, 1.82) is 0 Å². The molecular formula is C18H13ClN2O5. The molecule has 1 N–H and O–H groups in total. The van der Waals surface area contributed by atoms with E-state index in [1.165, 1.54) is 19.1 Å². The molecule has 7 nitrogen and oxygen atoms in total. The first-order valence-corrected chi connectivity index (χ1v) is 8.01. The number of ether oxygens (including phenoxy) is 1. The number of carbonyl (C=O) groups excluding carboxylic acids is 2. The second kappa shape index (κ2) is 6.97. The predicted molar refractivity (Wildman–Crippen MR) is 95.6 cm³/mol. The van der Waals surface area contributed by atoms with E-state index in [-0.39, 0.29) is 16.3 Å². The van der Waals surface area contributed by atoms with Crippen molar-refractivity contribution in [3.63, 3.8) is 0 Å². The number of aromatic amines is 1. The second-order valence-electron chi connectivity index (χ2n) is 5.58. The monoisotopic (exact) mass is 372 g/mol. The summed E-state index contributed by atoms with van der Waals surface area (Å²) in [5.41, 5.74) is 0.721. The maximum atomic E-state index is 12.6. The van der Waals surface area contributed by atoms with Crippen molar-refractivity contribution in [2.45, 2.75) is 13.0 Å². The first-order valence-electron chi connectivity index (χ1n) is 7.63. The molecule has 2 aromatic carbocycles. The Kier molecular flexibility index (Phi) is 4.73. The number of para-hydroxylation sites is 1. The minimum atomic E-state index is -1.09. The number of Topliss-reactive ketones (excluding diaryl/α,β-unsaturated/α-hetero) is 1. The molecule has 132 valence electrons. The summed E-state index contributed by atoms with van der Waals surface area (Å²) in [6, 6.07) is 10.7. The average Bonchev–Trinajstić information content (AvgIpc) is 3.05. The number of benzene rings is 2. The molecule has 0 saturated heterocycles. The minimum Gasteiger partial charge on any atom is -0.451 e. The lowest BCUT2D eigenvalue weighted by molar-refractivity contribution is -0.384. The predicted octanol–water partition coefficient (Wildman–Crippen LogP) is 4.16. The number of hydrogen-bond acceptors (Lipinski definition) is 5. The summed E-state index contributed by atoms with van der Waals surface area (Å²) >= 11 is 5.92. The van der Waals surface area contributed by atoms with Gasteiger partial charge in [-0.05, 0) is 19.1 Å². The molecule has 8 heteroatoms. The van der Waals surface area contributed by atoms with Gasteiger partial charge >= 0.3 is 5.97 Å². The first kappa shape index (κ1) is 17.6. The molecule has 3 aromatic rings. The van der Waals surface area contributed by atoms with Crippen LogP contribution in [0.5, 0.6) is 0 Å². The zero-order valence-electron chi connectivity index (χ0n) is 13.6. The summed E-state index contributed by atoms with van der Waals surface area (Å²) in [7, 11) is 0. The number of esters is 1. The Bertz CT molecular complexity index is 1030. The van der Waals surface area contributed by atoms with Crippen molar-refractivity contribution < 1.29 is 19.2 Å². The van der Waals surface area contributed by atoms with E-state index >= 15 is 0 Å². The normalized spacial score (nSPS) is 11.9. The molecule has 0 bridgehead atoms. The van der Waals surface area contributed by atoms with Crippen molar-refractivity contribution in [1.82, 2.24) is 4.98 Å². The fraction of sp³-hybridized carbons (Fsp3) is 0.111. The molecule has 3 rings (SSSR count). The number of nitro benzene ring substituents is 1. The van der Waals surface area contributed by atoms with Crippen LogP contribution in [0, 0.1) is 10.1 Å². The number of nitrogens with zero attached hydrogens (tertiary/aromatic N) is 1. The number of nitro groups is 1. The van der Waals surface area contributed by atoms with Crippen LogP contribution in [-0.2, 0) is 4.74 Å². The summed E-state index contributed by atoms with van der Waals surface area (Å²) in [5.74, 6) is -1.29. The van der Waals surface area contributed by atoms with E-state index in [2.05, 4.69) is 4.98 Å². The van der Waals surface area contributed by atoms with Crippen LogP contribution >= 0.6 is 11.6 Å². The van der Waals surface area contributed by atoms with Gasteiger partial charge in [-0.1, -0.05) is 29.8 Å². The lowest BCUT2D eigenvalue weighted by Crippen LogP contribution is -2.24. The summed E-state index contributed by atoms with van der Waals surface area (Å²) in [6.07, 6.45) is 0.467. The van der Waals surface area contributed by atoms with Crippen LogP contribution in [0.25, 0.3) is 10.9 Å². The molecule has 1 unspecified atom stereocenters. The van der Waals surface area contributed by atoms with Gasteiger partial charge in [0.25, 0.3) is 5.69 Å². The molecular weight excluding hydrogens is 360 g/mol. The minimum absolute atomic E-state index is 0.00680. The number of halogens is 1. The van der Waals surface area contributed by atoms with E-state index in [0.717, 1.165) is 11.6 Å². The molecule has 0 aliphatic rings. The van der Waals surface area contributed by atoms with Crippen LogP contribution < -0.4 is 0 Å². The van der Waals surface area contributed by atoms with E-state index in [1.54, 1.807) is 18.3 Å². The number of hydrogen-bond donors (Lipinski definition) is 1. The van der Waals surface area contributed by atoms with Crippen LogP contribution in [0.15, 0.2) is 48.7 Å². The molecule has 0 amide bonds. The average molecular weight is 373 g/mol. The number of rotatable bonds is 5. The number of non-ortho nitro benzene ring substituents is 1. The fourth-order valence-electron chi connectivity index (χ4n) is 2.56. The van der Waals surface area contributed by atoms with Gasteiger partial charge < -0.3 is 9.72 Å². The summed E-state index contributed by atoms with van der Waals surface area (Å²) < 4.78 is 5.18. The zero-order valence-corrected chi connectivity index (χ0v) is 14.3. The lowest BCUT2D eigenvalue weighted by atomic mass is 10.1. The molecule has 1 aromatic heterocycles. The topological polar surface area (TPSA) is 102 Å². The number of H-pyrrole nitrogens is 1. The number of nitrogens with one attached hydrogen (secondary N) is 1. The smallest absolute Gasteiger partial charge is 0.340 e. The van der Waals surface area contributed by atoms with Gasteiger partial charge in [0.15, 0.2) is 6.10 Å². The molecule has 1 heterocycles. The second-order valence-corrected chi connectivity index (χ2v) is 5.99. The van der Waals surface area contributed by atoms with Crippen molar-refractivity contribution >= 4 is 39.9 Å². The third-order valence-electron chi connectivity index (χ3n) is 3.89. The Morgan fingerprint density at radius 1 is 1.19 bits per heavy atom. The van der Waals surface area contributed by atoms with Crippen molar-refractivity contribution in [3.05, 3.63) is 74.9 Å². The highest BCUT2D eigenvalue weighted by atomic mass is 35.5. The van der Waals surface area contributed by atoms with Gasteiger partial charge in [-0.3, -0.25) is 14.9 Å². The molecule has 26 heavy (non-hydrogen) atoms. The fourth-order valence-corrected chi connectivity index (χ4v) is 2.75. The van der Waals surface area contributed by atoms with Gasteiger partial charge in [-0.25, -0.2) is 4.79 Å². The SMILES string of the molecule is CC(OC(=O)c1cc([N+](=O)[O-])ccc1Cl)C(=O)c1c[nH]c2ccccc12. The summed E-state index contributed by atoms with van der Waals surface area (Å²) in [6.45, 7) is 1.44. The third kappa shape index (κ3) is 3.29. The van der Waals surface area contributed by atoms with Crippen molar-refractivity contribution in [2.75, 3.05) is 0 Å². The maximum absolute atomic E-state index is 12.6. The van der Waals surface area contributed by atoms with Crippen LogP contribution in [0.4, 0.5) is 5.69 Å². The molecule has 0 aliphatic heterocycles. The third-order valence-corrected chi connectivity index (χ3v) is 4.22. The Hall–Kier alpha value is -3.19. The lowest BCUT2D eigenvalue weighted by Gasteiger charge is -2.12. The largest absolute Gasteiger partial charge is 0.451 e.